The standard InChI is InChI=1S/C7H6FNO2/c8-6-2-1-5(4-9-11)7(10)3-6/h1-4,10-11H. The largest absolute Gasteiger partial charge is 0.507 e. The molecule has 0 aliphatic heterocycles. The van der Waals surface area contributed by atoms with Crippen LogP contribution in [-0.4, -0.2) is 16.5 Å². The normalized spacial score (nSPS) is 10.6. The van der Waals surface area contributed by atoms with Crippen LogP contribution in [0.4, 0.5) is 4.39 Å². The van der Waals surface area contributed by atoms with E-state index >= 15 is 0 Å². The van der Waals surface area contributed by atoms with Gasteiger partial charge in [-0.25, -0.2) is 4.39 Å². The fourth-order valence-electron chi connectivity index (χ4n) is 0.688. The van der Waals surface area contributed by atoms with Crippen molar-refractivity contribution in [1.29, 1.82) is 0 Å². The van der Waals surface area contributed by atoms with Gasteiger partial charge in [0, 0.05) is 11.6 Å². The van der Waals surface area contributed by atoms with Crippen molar-refractivity contribution in [3.63, 3.8) is 0 Å². The average Bonchev–Trinajstić information content (AvgIpc) is 1.95. The molecule has 0 spiro atoms. The highest BCUT2D eigenvalue weighted by Gasteiger charge is 1.98. The topological polar surface area (TPSA) is 52.8 Å². The number of halogens is 1. The van der Waals surface area contributed by atoms with E-state index in [1.807, 2.05) is 0 Å². The van der Waals surface area contributed by atoms with E-state index < -0.39 is 5.82 Å². The predicted molar refractivity (Wildman–Crippen MR) is 37.4 cm³/mol. The van der Waals surface area contributed by atoms with E-state index in [-0.39, 0.29) is 11.3 Å². The Morgan fingerprint density at radius 1 is 1.45 bits per heavy atom. The van der Waals surface area contributed by atoms with E-state index in [2.05, 4.69) is 5.16 Å². The molecule has 0 saturated carbocycles. The summed E-state index contributed by atoms with van der Waals surface area (Å²) in [5.41, 5.74) is 0.272. The molecule has 0 aromatic heterocycles. The van der Waals surface area contributed by atoms with Crippen molar-refractivity contribution < 1.29 is 14.7 Å². The molecule has 4 heteroatoms. The number of oxime groups is 1. The molecule has 3 nitrogen and oxygen atoms in total. The van der Waals surface area contributed by atoms with Gasteiger partial charge in [-0.3, -0.25) is 0 Å². The minimum atomic E-state index is -0.530. The first kappa shape index (κ1) is 7.53. The molecular formula is C7H6FNO2. The maximum Gasteiger partial charge on any atom is 0.127 e. The first-order chi connectivity index (χ1) is 5.24. The lowest BCUT2D eigenvalue weighted by molar-refractivity contribution is 0.321. The van der Waals surface area contributed by atoms with Crippen LogP contribution in [0, 0.1) is 5.82 Å². The molecule has 0 atom stereocenters. The molecule has 0 bridgehead atoms. The van der Waals surface area contributed by atoms with Crippen LogP contribution in [0.3, 0.4) is 0 Å². The van der Waals surface area contributed by atoms with Crippen molar-refractivity contribution in [2.75, 3.05) is 0 Å². The van der Waals surface area contributed by atoms with Crippen molar-refractivity contribution in [3.8, 4) is 5.75 Å². The Morgan fingerprint density at radius 3 is 2.73 bits per heavy atom. The highest BCUT2D eigenvalue weighted by Crippen LogP contribution is 2.15. The molecule has 1 rings (SSSR count). The molecular weight excluding hydrogens is 149 g/mol. The second-order valence-electron chi connectivity index (χ2n) is 1.95. The number of phenols is 1. The van der Waals surface area contributed by atoms with E-state index in [1.54, 1.807) is 0 Å². The molecule has 1 aromatic carbocycles. The van der Waals surface area contributed by atoms with Crippen LogP contribution in [0.5, 0.6) is 5.75 Å². The van der Waals surface area contributed by atoms with Gasteiger partial charge in [-0.2, -0.15) is 0 Å². The van der Waals surface area contributed by atoms with Gasteiger partial charge < -0.3 is 10.3 Å². The van der Waals surface area contributed by atoms with Gasteiger partial charge in [0.2, 0.25) is 0 Å². The van der Waals surface area contributed by atoms with Gasteiger partial charge in [-0.15, -0.1) is 0 Å². The zero-order valence-electron chi connectivity index (χ0n) is 5.53. The van der Waals surface area contributed by atoms with E-state index in [9.17, 15) is 4.39 Å². The van der Waals surface area contributed by atoms with Crippen LogP contribution in [-0.2, 0) is 0 Å². The summed E-state index contributed by atoms with van der Waals surface area (Å²) in [5, 5.41) is 19.7. The Bertz CT molecular complexity index is 286. The fourth-order valence-corrected chi connectivity index (χ4v) is 0.688. The quantitative estimate of drug-likeness (QED) is 0.365. The minimum absolute atomic E-state index is 0.247. The zero-order valence-corrected chi connectivity index (χ0v) is 5.53. The van der Waals surface area contributed by atoms with Crippen LogP contribution < -0.4 is 0 Å². The second kappa shape index (κ2) is 3.01. The van der Waals surface area contributed by atoms with E-state index in [4.69, 9.17) is 10.3 Å². The molecule has 2 N–H and O–H groups in total. The Labute approximate surface area is 62.4 Å². The van der Waals surface area contributed by atoms with E-state index in [1.165, 1.54) is 6.07 Å². The minimum Gasteiger partial charge on any atom is -0.507 e. The number of aromatic hydroxyl groups is 1. The van der Waals surface area contributed by atoms with Crippen molar-refractivity contribution in [3.05, 3.63) is 29.6 Å². The first-order valence-electron chi connectivity index (χ1n) is 2.90. The molecule has 0 aliphatic carbocycles. The number of nitrogens with zero attached hydrogens (tertiary/aromatic N) is 1. The number of hydrogen-bond donors (Lipinski definition) is 2. The summed E-state index contributed by atoms with van der Waals surface area (Å²) in [6.07, 6.45) is 1.02. The lowest BCUT2D eigenvalue weighted by Gasteiger charge is -1.95. The second-order valence-corrected chi connectivity index (χ2v) is 1.95. The van der Waals surface area contributed by atoms with Gasteiger partial charge in [0.25, 0.3) is 0 Å². The van der Waals surface area contributed by atoms with Gasteiger partial charge in [0.05, 0.1) is 6.21 Å². The predicted octanol–water partition coefficient (Wildman–Crippen LogP) is 1.34. The summed E-state index contributed by atoms with van der Waals surface area (Å²) < 4.78 is 12.3. The number of hydrogen-bond acceptors (Lipinski definition) is 3. The Kier molecular flexibility index (Phi) is 2.06. The number of benzene rings is 1. The zero-order chi connectivity index (χ0) is 8.27. The molecule has 0 heterocycles. The molecule has 0 unspecified atom stereocenters. The summed E-state index contributed by atoms with van der Waals surface area (Å²) in [6.45, 7) is 0. The van der Waals surface area contributed by atoms with Crippen LogP contribution in [0.15, 0.2) is 23.4 Å². The van der Waals surface area contributed by atoms with Crippen LogP contribution in [0.25, 0.3) is 0 Å². The van der Waals surface area contributed by atoms with E-state index in [0.29, 0.717) is 0 Å². The summed E-state index contributed by atoms with van der Waals surface area (Å²) in [4.78, 5) is 0. The Balaban J connectivity index is 3.09. The van der Waals surface area contributed by atoms with Crippen molar-refractivity contribution in [2.45, 2.75) is 0 Å². The number of phenolic OH excluding ortho intramolecular Hbond substituents is 1. The highest BCUT2D eigenvalue weighted by molar-refractivity contribution is 5.82. The van der Waals surface area contributed by atoms with Crippen molar-refractivity contribution in [2.24, 2.45) is 5.16 Å². The SMILES string of the molecule is ON=Cc1ccc(F)cc1O. The molecule has 0 amide bonds. The summed E-state index contributed by atoms with van der Waals surface area (Å²) >= 11 is 0. The molecule has 0 aliphatic rings. The van der Waals surface area contributed by atoms with Gasteiger partial charge in [0.1, 0.15) is 11.6 Å². The highest BCUT2D eigenvalue weighted by atomic mass is 19.1. The molecule has 58 valence electrons. The monoisotopic (exact) mass is 155 g/mol. The summed E-state index contributed by atoms with van der Waals surface area (Å²) in [5.74, 6) is -0.777. The van der Waals surface area contributed by atoms with Crippen LogP contribution >= 0.6 is 0 Å². The van der Waals surface area contributed by atoms with Gasteiger partial charge >= 0.3 is 0 Å². The van der Waals surface area contributed by atoms with E-state index in [0.717, 1.165) is 18.3 Å². The van der Waals surface area contributed by atoms with Crippen molar-refractivity contribution in [1.82, 2.24) is 0 Å². The maximum atomic E-state index is 12.3. The van der Waals surface area contributed by atoms with Crippen molar-refractivity contribution >= 4 is 6.21 Å². The molecule has 0 saturated heterocycles. The molecule has 0 fully saturated rings. The van der Waals surface area contributed by atoms with Gasteiger partial charge in [-0.05, 0) is 12.1 Å². The molecule has 0 radical (unpaired) electrons. The third-order valence-corrected chi connectivity index (χ3v) is 1.19. The third-order valence-electron chi connectivity index (χ3n) is 1.19. The third kappa shape index (κ3) is 1.67. The summed E-state index contributed by atoms with van der Waals surface area (Å²) in [6, 6.07) is 3.41. The van der Waals surface area contributed by atoms with Crippen LogP contribution in [0.2, 0.25) is 0 Å². The lowest BCUT2D eigenvalue weighted by Crippen LogP contribution is -1.83. The van der Waals surface area contributed by atoms with Gasteiger partial charge in [0.15, 0.2) is 0 Å². The number of rotatable bonds is 1. The smallest absolute Gasteiger partial charge is 0.127 e. The molecule has 1 aromatic rings. The fraction of sp³-hybridized carbons (Fsp3) is 0. The lowest BCUT2D eigenvalue weighted by atomic mass is 10.2. The van der Waals surface area contributed by atoms with Crippen LogP contribution in [0.1, 0.15) is 5.56 Å². The summed E-state index contributed by atoms with van der Waals surface area (Å²) in [7, 11) is 0. The van der Waals surface area contributed by atoms with Gasteiger partial charge in [-0.1, -0.05) is 5.16 Å². The Hall–Kier alpha value is -1.58. The first-order valence-corrected chi connectivity index (χ1v) is 2.90. The maximum absolute atomic E-state index is 12.3. The average molecular weight is 155 g/mol. The Morgan fingerprint density at radius 2 is 2.18 bits per heavy atom. The molecule has 11 heavy (non-hydrogen) atoms.